The number of ether oxygens (including phenoxy) is 1. The Balaban J connectivity index is 1.56. The summed E-state index contributed by atoms with van der Waals surface area (Å²) < 4.78 is 5.40. The third-order valence-electron chi connectivity index (χ3n) is 4.27. The molecule has 1 aliphatic heterocycles. The number of benzene rings is 2. The molecule has 2 aromatic rings. The van der Waals surface area contributed by atoms with Crippen LogP contribution in [0.1, 0.15) is 12.0 Å². The second-order valence-electron chi connectivity index (χ2n) is 5.99. The predicted molar refractivity (Wildman–Crippen MR) is 97.9 cm³/mol. The van der Waals surface area contributed by atoms with Gasteiger partial charge in [-0.25, -0.2) is 0 Å². The van der Waals surface area contributed by atoms with Gasteiger partial charge in [0.15, 0.2) is 0 Å². The lowest BCUT2D eigenvalue weighted by Crippen LogP contribution is -2.22. The van der Waals surface area contributed by atoms with Crippen molar-refractivity contribution in [1.29, 1.82) is 0 Å². The van der Waals surface area contributed by atoms with Crippen LogP contribution in [-0.2, 0) is 16.0 Å². The number of nitrogens with one attached hydrogen (secondary N) is 1. The van der Waals surface area contributed by atoms with Crippen LogP contribution in [0.4, 0.5) is 11.4 Å². The van der Waals surface area contributed by atoms with Gasteiger partial charge in [0.05, 0.1) is 12.5 Å². The molecular weight excluding hydrogens is 324 g/mol. The summed E-state index contributed by atoms with van der Waals surface area (Å²) in [6.07, 6.45) is 1.69. The van der Waals surface area contributed by atoms with Gasteiger partial charge in [-0.1, -0.05) is 23.7 Å². The lowest BCUT2D eigenvalue weighted by atomic mass is 10.1. The highest BCUT2D eigenvalue weighted by molar-refractivity contribution is 6.30. The maximum absolute atomic E-state index is 12.1. The molecule has 1 saturated heterocycles. The first-order valence-electron chi connectivity index (χ1n) is 8.06. The van der Waals surface area contributed by atoms with Crippen molar-refractivity contribution in [2.24, 2.45) is 0 Å². The topological polar surface area (TPSA) is 41.6 Å². The summed E-state index contributed by atoms with van der Waals surface area (Å²) in [4.78, 5) is 14.4. The Morgan fingerprint density at radius 3 is 2.54 bits per heavy atom. The third-order valence-corrected chi connectivity index (χ3v) is 4.52. The normalized spacial score (nSPS) is 17.1. The van der Waals surface area contributed by atoms with Crippen LogP contribution in [0.15, 0.2) is 48.5 Å². The van der Waals surface area contributed by atoms with Gasteiger partial charge in [-0.05, 0) is 48.4 Å². The largest absolute Gasteiger partial charge is 0.380 e. The number of hydrogen-bond donors (Lipinski definition) is 1. The van der Waals surface area contributed by atoms with E-state index in [1.807, 2.05) is 36.4 Å². The van der Waals surface area contributed by atoms with E-state index in [9.17, 15) is 4.79 Å². The summed E-state index contributed by atoms with van der Waals surface area (Å²) >= 11 is 5.85. The Morgan fingerprint density at radius 2 is 1.92 bits per heavy atom. The van der Waals surface area contributed by atoms with Crippen molar-refractivity contribution >= 4 is 28.9 Å². The number of rotatable bonds is 5. The minimum Gasteiger partial charge on any atom is -0.380 e. The van der Waals surface area contributed by atoms with Crippen LogP contribution in [0.3, 0.4) is 0 Å². The highest BCUT2D eigenvalue weighted by Gasteiger charge is 2.22. The first-order valence-corrected chi connectivity index (χ1v) is 8.44. The van der Waals surface area contributed by atoms with Gasteiger partial charge >= 0.3 is 0 Å². The molecule has 1 N–H and O–H groups in total. The molecule has 1 aliphatic rings. The molecule has 5 heteroatoms. The Morgan fingerprint density at radius 1 is 1.21 bits per heavy atom. The number of carbonyl (C=O) groups is 1. The van der Waals surface area contributed by atoms with Crippen LogP contribution in [0.5, 0.6) is 0 Å². The average molecular weight is 345 g/mol. The van der Waals surface area contributed by atoms with Crippen LogP contribution in [0.2, 0.25) is 5.02 Å². The molecule has 2 aromatic carbocycles. The van der Waals surface area contributed by atoms with Crippen molar-refractivity contribution < 1.29 is 9.53 Å². The van der Waals surface area contributed by atoms with Crippen LogP contribution in [0.25, 0.3) is 0 Å². The van der Waals surface area contributed by atoms with E-state index >= 15 is 0 Å². The molecule has 126 valence electrons. The summed E-state index contributed by atoms with van der Waals surface area (Å²) in [5, 5.41) is 3.60. The van der Waals surface area contributed by atoms with Gasteiger partial charge in [0, 0.05) is 36.6 Å². The molecule has 1 heterocycles. The van der Waals surface area contributed by atoms with Crippen LogP contribution in [0, 0.1) is 0 Å². The molecule has 24 heavy (non-hydrogen) atoms. The zero-order chi connectivity index (χ0) is 16.9. The number of carbonyl (C=O) groups excluding carboxylic acids is 1. The number of nitrogens with zero attached hydrogens (tertiary/aromatic N) is 1. The van der Waals surface area contributed by atoms with Crippen molar-refractivity contribution in [3.05, 3.63) is 59.1 Å². The molecule has 3 rings (SSSR count). The molecule has 0 spiro atoms. The average Bonchev–Trinajstić information content (AvgIpc) is 3.07. The summed E-state index contributed by atoms with van der Waals surface area (Å²) in [6.45, 7) is 1.92. The molecule has 4 nitrogen and oxygen atoms in total. The standard InChI is InChI=1S/C19H21ClN2O2/c1-24-18-10-11-22(13-18)17-8-6-16(7-9-17)21-19(23)12-14-2-4-15(20)5-3-14/h2-9,18H,10-13H2,1H3,(H,21,23)/t18-/m1/s1. The van der Waals surface area contributed by atoms with Crippen LogP contribution >= 0.6 is 11.6 Å². The lowest BCUT2D eigenvalue weighted by molar-refractivity contribution is -0.115. The summed E-state index contributed by atoms with van der Waals surface area (Å²) in [7, 11) is 1.76. The van der Waals surface area contributed by atoms with E-state index in [4.69, 9.17) is 16.3 Å². The summed E-state index contributed by atoms with van der Waals surface area (Å²) in [5.41, 5.74) is 2.90. The minimum atomic E-state index is -0.0364. The Kier molecular flexibility index (Phi) is 5.38. The van der Waals surface area contributed by atoms with Crippen LogP contribution < -0.4 is 10.2 Å². The molecule has 1 atom stereocenters. The van der Waals surface area contributed by atoms with Gasteiger partial charge in [0.2, 0.25) is 5.91 Å². The Labute approximate surface area is 147 Å². The van der Waals surface area contributed by atoms with E-state index in [0.29, 0.717) is 17.5 Å². The number of amides is 1. The zero-order valence-electron chi connectivity index (χ0n) is 13.7. The van der Waals surface area contributed by atoms with Crippen molar-refractivity contribution in [1.82, 2.24) is 0 Å². The van der Waals surface area contributed by atoms with Crippen molar-refractivity contribution in [2.75, 3.05) is 30.4 Å². The monoisotopic (exact) mass is 344 g/mol. The van der Waals surface area contributed by atoms with Gasteiger partial charge in [-0.15, -0.1) is 0 Å². The van der Waals surface area contributed by atoms with Gasteiger partial charge < -0.3 is 15.0 Å². The second kappa shape index (κ2) is 7.69. The van der Waals surface area contributed by atoms with Gasteiger partial charge in [-0.2, -0.15) is 0 Å². The summed E-state index contributed by atoms with van der Waals surface area (Å²) in [6, 6.07) is 15.3. The fraction of sp³-hybridized carbons (Fsp3) is 0.316. The first-order chi connectivity index (χ1) is 11.6. The van der Waals surface area contributed by atoms with Gasteiger partial charge in [0.25, 0.3) is 0 Å². The van der Waals surface area contributed by atoms with Crippen molar-refractivity contribution in [3.63, 3.8) is 0 Å². The molecule has 0 radical (unpaired) electrons. The lowest BCUT2D eigenvalue weighted by Gasteiger charge is -2.18. The Bertz CT molecular complexity index is 686. The van der Waals surface area contributed by atoms with Crippen LogP contribution in [-0.4, -0.2) is 32.2 Å². The fourth-order valence-electron chi connectivity index (χ4n) is 2.90. The highest BCUT2D eigenvalue weighted by Crippen LogP contribution is 2.23. The summed E-state index contributed by atoms with van der Waals surface area (Å²) in [5.74, 6) is -0.0364. The molecule has 1 amide bonds. The maximum atomic E-state index is 12.1. The van der Waals surface area contributed by atoms with E-state index in [1.165, 1.54) is 0 Å². The number of halogens is 1. The molecule has 0 aromatic heterocycles. The molecular formula is C19H21ClN2O2. The van der Waals surface area contributed by atoms with Gasteiger partial charge in [0.1, 0.15) is 0 Å². The van der Waals surface area contributed by atoms with Gasteiger partial charge in [-0.3, -0.25) is 4.79 Å². The smallest absolute Gasteiger partial charge is 0.228 e. The molecule has 1 fully saturated rings. The highest BCUT2D eigenvalue weighted by atomic mass is 35.5. The number of hydrogen-bond acceptors (Lipinski definition) is 3. The van der Waals surface area contributed by atoms with E-state index in [-0.39, 0.29) is 5.91 Å². The van der Waals surface area contributed by atoms with Crippen molar-refractivity contribution in [2.45, 2.75) is 18.9 Å². The van der Waals surface area contributed by atoms with Crippen molar-refractivity contribution in [3.8, 4) is 0 Å². The third kappa shape index (κ3) is 4.28. The van der Waals surface area contributed by atoms with E-state index < -0.39 is 0 Å². The van der Waals surface area contributed by atoms with E-state index in [2.05, 4.69) is 10.2 Å². The molecule has 0 unspecified atom stereocenters. The second-order valence-corrected chi connectivity index (χ2v) is 6.43. The Hall–Kier alpha value is -2.04. The number of anilines is 2. The van der Waals surface area contributed by atoms with E-state index in [0.717, 1.165) is 36.4 Å². The number of methoxy groups -OCH3 is 1. The predicted octanol–water partition coefficient (Wildman–Crippen LogP) is 3.75. The molecule has 0 aliphatic carbocycles. The maximum Gasteiger partial charge on any atom is 0.228 e. The SMILES string of the molecule is CO[C@@H]1CCN(c2ccc(NC(=O)Cc3ccc(Cl)cc3)cc2)C1. The molecule has 0 saturated carbocycles. The first kappa shape index (κ1) is 16.8. The minimum absolute atomic E-state index is 0.0364. The van der Waals surface area contributed by atoms with E-state index in [1.54, 1.807) is 19.2 Å². The zero-order valence-corrected chi connectivity index (χ0v) is 14.4. The fourth-order valence-corrected chi connectivity index (χ4v) is 3.03. The quantitative estimate of drug-likeness (QED) is 0.898. The molecule has 0 bridgehead atoms.